The lowest BCUT2D eigenvalue weighted by molar-refractivity contribution is 0.0726. The van der Waals surface area contributed by atoms with Crippen molar-refractivity contribution in [3.05, 3.63) is 11.9 Å². The zero-order valence-electron chi connectivity index (χ0n) is 8.73. The Hall–Kier alpha value is -1.56. The second kappa shape index (κ2) is 3.90. The lowest BCUT2D eigenvalue weighted by atomic mass is 10.3. The van der Waals surface area contributed by atoms with Gasteiger partial charge in [0.05, 0.1) is 11.9 Å². The largest absolute Gasteiger partial charge is 0.396 e. The number of nitrogens with one attached hydrogen (secondary N) is 1. The van der Waals surface area contributed by atoms with E-state index in [0.29, 0.717) is 11.4 Å². The average molecular weight is 209 g/mol. The highest BCUT2D eigenvalue weighted by Gasteiger charge is 2.22. The Morgan fingerprint density at radius 3 is 2.73 bits per heavy atom. The molecule has 0 bridgehead atoms. The summed E-state index contributed by atoms with van der Waals surface area (Å²) >= 11 is 0. The molecule has 0 saturated carbocycles. The van der Waals surface area contributed by atoms with Crippen molar-refractivity contribution < 1.29 is 4.79 Å². The molecular weight excluding hydrogens is 194 g/mol. The first kappa shape index (κ1) is 9.97. The van der Waals surface area contributed by atoms with Crippen molar-refractivity contribution in [3.8, 4) is 0 Å². The van der Waals surface area contributed by atoms with Crippen LogP contribution in [-0.2, 0) is 7.05 Å². The van der Waals surface area contributed by atoms with E-state index in [-0.39, 0.29) is 5.91 Å². The maximum Gasteiger partial charge on any atom is 0.274 e. The van der Waals surface area contributed by atoms with Gasteiger partial charge in [0.2, 0.25) is 0 Å². The number of hydrogen-bond acceptors (Lipinski definition) is 4. The van der Waals surface area contributed by atoms with Gasteiger partial charge in [-0.3, -0.25) is 9.48 Å². The molecule has 0 aromatic carbocycles. The Bertz CT molecular complexity index is 347. The van der Waals surface area contributed by atoms with Crippen molar-refractivity contribution in [3.63, 3.8) is 0 Å². The molecule has 0 unspecified atom stereocenters. The van der Waals surface area contributed by atoms with E-state index in [2.05, 4.69) is 10.4 Å². The molecule has 1 aromatic rings. The highest BCUT2D eigenvalue weighted by Crippen LogP contribution is 2.12. The molecule has 0 atom stereocenters. The number of aromatic nitrogens is 2. The number of anilines is 1. The summed E-state index contributed by atoms with van der Waals surface area (Å²) in [6, 6.07) is 0. The molecule has 2 heterocycles. The zero-order chi connectivity index (χ0) is 10.8. The van der Waals surface area contributed by atoms with E-state index < -0.39 is 0 Å². The third-order valence-electron chi connectivity index (χ3n) is 2.57. The number of rotatable bonds is 1. The second-order valence-electron chi connectivity index (χ2n) is 3.61. The molecule has 15 heavy (non-hydrogen) atoms. The Morgan fingerprint density at radius 1 is 1.53 bits per heavy atom. The number of nitrogens with zero attached hydrogens (tertiary/aromatic N) is 3. The topological polar surface area (TPSA) is 76.2 Å². The van der Waals surface area contributed by atoms with E-state index in [1.54, 1.807) is 11.9 Å². The van der Waals surface area contributed by atoms with Crippen LogP contribution in [0, 0.1) is 0 Å². The molecule has 1 aromatic heterocycles. The van der Waals surface area contributed by atoms with Crippen LogP contribution in [0.4, 0.5) is 5.69 Å². The average Bonchev–Trinajstić information content (AvgIpc) is 2.59. The molecule has 0 spiro atoms. The molecule has 3 N–H and O–H groups in total. The van der Waals surface area contributed by atoms with Crippen LogP contribution >= 0.6 is 0 Å². The molecule has 0 aliphatic carbocycles. The number of amides is 1. The molecule has 1 saturated heterocycles. The van der Waals surface area contributed by atoms with Crippen molar-refractivity contribution in [1.82, 2.24) is 20.0 Å². The molecule has 1 aliphatic heterocycles. The van der Waals surface area contributed by atoms with Gasteiger partial charge < -0.3 is 16.0 Å². The van der Waals surface area contributed by atoms with Gasteiger partial charge in [-0.2, -0.15) is 5.10 Å². The van der Waals surface area contributed by atoms with E-state index in [9.17, 15) is 4.79 Å². The Balaban J connectivity index is 2.19. The second-order valence-corrected chi connectivity index (χ2v) is 3.61. The Labute approximate surface area is 88.0 Å². The standard InChI is InChI=1S/C9H15N5O/c1-13-8(7(10)6-12-13)9(15)14-4-2-11-3-5-14/h6,11H,2-5,10H2,1H3. The molecule has 0 radical (unpaired) electrons. The highest BCUT2D eigenvalue weighted by atomic mass is 16.2. The van der Waals surface area contributed by atoms with E-state index in [1.165, 1.54) is 10.9 Å². The van der Waals surface area contributed by atoms with Crippen LogP contribution in [-0.4, -0.2) is 46.8 Å². The first-order valence-corrected chi connectivity index (χ1v) is 4.97. The molecule has 1 aliphatic rings. The van der Waals surface area contributed by atoms with Crippen LogP contribution in [0.5, 0.6) is 0 Å². The number of aryl methyl sites for hydroxylation is 1. The number of hydrogen-bond donors (Lipinski definition) is 2. The monoisotopic (exact) mass is 209 g/mol. The summed E-state index contributed by atoms with van der Waals surface area (Å²) < 4.78 is 1.53. The summed E-state index contributed by atoms with van der Waals surface area (Å²) in [5.41, 5.74) is 6.63. The van der Waals surface area contributed by atoms with Gasteiger partial charge in [0.25, 0.3) is 5.91 Å². The first-order valence-electron chi connectivity index (χ1n) is 4.97. The van der Waals surface area contributed by atoms with Crippen LogP contribution < -0.4 is 11.1 Å². The Morgan fingerprint density at radius 2 is 2.20 bits per heavy atom. The number of carbonyl (C=O) groups is 1. The molecule has 82 valence electrons. The van der Waals surface area contributed by atoms with Crippen LogP contribution in [0.2, 0.25) is 0 Å². The van der Waals surface area contributed by atoms with Crippen LogP contribution in [0.15, 0.2) is 6.20 Å². The van der Waals surface area contributed by atoms with Gasteiger partial charge in [-0.1, -0.05) is 0 Å². The molecular formula is C9H15N5O. The number of nitrogens with two attached hydrogens (primary N) is 1. The minimum Gasteiger partial charge on any atom is -0.396 e. The zero-order valence-corrected chi connectivity index (χ0v) is 8.73. The lowest BCUT2D eigenvalue weighted by Crippen LogP contribution is -2.47. The minimum absolute atomic E-state index is 0.0333. The van der Waals surface area contributed by atoms with Crippen molar-refractivity contribution >= 4 is 11.6 Å². The third-order valence-corrected chi connectivity index (χ3v) is 2.57. The maximum atomic E-state index is 12.1. The van der Waals surface area contributed by atoms with Crippen molar-refractivity contribution in [2.75, 3.05) is 31.9 Å². The number of nitrogen functional groups attached to an aromatic ring is 1. The fourth-order valence-electron chi connectivity index (χ4n) is 1.73. The lowest BCUT2D eigenvalue weighted by Gasteiger charge is -2.27. The van der Waals surface area contributed by atoms with E-state index in [0.717, 1.165) is 26.2 Å². The SMILES string of the molecule is Cn1ncc(N)c1C(=O)N1CCNCC1. The first-order chi connectivity index (χ1) is 7.20. The summed E-state index contributed by atoms with van der Waals surface area (Å²) in [6.07, 6.45) is 1.51. The molecule has 6 nitrogen and oxygen atoms in total. The summed E-state index contributed by atoms with van der Waals surface area (Å²) in [7, 11) is 1.73. The van der Waals surface area contributed by atoms with Gasteiger partial charge in [0.1, 0.15) is 5.69 Å². The quantitative estimate of drug-likeness (QED) is 0.625. The molecule has 1 fully saturated rings. The number of piperazine rings is 1. The highest BCUT2D eigenvalue weighted by molar-refractivity contribution is 5.97. The van der Waals surface area contributed by atoms with E-state index in [4.69, 9.17) is 5.73 Å². The summed E-state index contributed by atoms with van der Waals surface area (Å²) in [4.78, 5) is 13.9. The minimum atomic E-state index is -0.0333. The fraction of sp³-hybridized carbons (Fsp3) is 0.556. The van der Waals surface area contributed by atoms with Gasteiger partial charge in [0, 0.05) is 33.2 Å². The molecule has 2 rings (SSSR count). The normalized spacial score (nSPS) is 16.7. The van der Waals surface area contributed by atoms with Crippen LogP contribution in [0.25, 0.3) is 0 Å². The third kappa shape index (κ3) is 1.80. The molecule has 6 heteroatoms. The van der Waals surface area contributed by atoms with Gasteiger partial charge in [0.15, 0.2) is 0 Å². The van der Waals surface area contributed by atoms with Crippen molar-refractivity contribution in [2.24, 2.45) is 7.05 Å². The van der Waals surface area contributed by atoms with Crippen LogP contribution in [0.3, 0.4) is 0 Å². The Kier molecular flexibility index (Phi) is 2.59. The smallest absolute Gasteiger partial charge is 0.274 e. The van der Waals surface area contributed by atoms with Gasteiger partial charge >= 0.3 is 0 Å². The summed E-state index contributed by atoms with van der Waals surface area (Å²) in [5.74, 6) is -0.0333. The van der Waals surface area contributed by atoms with E-state index >= 15 is 0 Å². The van der Waals surface area contributed by atoms with Gasteiger partial charge in [-0.15, -0.1) is 0 Å². The van der Waals surface area contributed by atoms with Crippen molar-refractivity contribution in [2.45, 2.75) is 0 Å². The maximum absolute atomic E-state index is 12.1. The van der Waals surface area contributed by atoms with E-state index in [1.807, 2.05) is 0 Å². The predicted octanol–water partition coefficient (Wildman–Crippen LogP) is -0.952. The number of carbonyl (C=O) groups excluding carboxylic acids is 1. The predicted molar refractivity (Wildman–Crippen MR) is 56.4 cm³/mol. The van der Waals surface area contributed by atoms with Crippen LogP contribution in [0.1, 0.15) is 10.5 Å². The van der Waals surface area contributed by atoms with Crippen molar-refractivity contribution in [1.29, 1.82) is 0 Å². The fourth-order valence-corrected chi connectivity index (χ4v) is 1.73. The van der Waals surface area contributed by atoms with Gasteiger partial charge in [-0.05, 0) is 0 Å². The summed E-state index contributed by atoms with van der Waals surface area (Å²) in [5, 5.41) is 7.16. The molecule has 1 amide bonds. The van der Waals surface area contributed by atoms with Gasteiger partial charge in [-0.25, -0.2) is 0 Å². The summed E-state index contributed by atoms with van der Waals surface area (Å²) in [6.45, 7) is 3.12.